The summed E-state index contributed by atoms with van der Waals surface area (Å²) in [6, 6.07) is 5.33. The molecule has 7 nitrogen and oxygen atoms in total. The molecule has 0 bridgehead atoms. The van der Waals surface area contributed by atoms with E-state index in [0.717, 1.165) is 31.6 Å². The second kappa shape index (κ2) is 6.14. The molecule has 0 spiro atoms. The zero-order valence-corrected chi connectivity index (χ0v) is 10.9. The van der Waals surface area contributed by atoms with Gasteiger partial charge in [0.1, 0.15) is 0 Å². The van der Waals surface area contributed by atoms with E-state index in [-0.39, 0.29) is 0 Å². The molecule has 0 unspecified atom stereocenters. The average molecular weight is 262 g/mol. The zero-order valence-electron chi connectivity index (χ0n) is 10.9. The third kappa shape index (κ3) is 3.41. The lowest BCUT2D eigenvalue weighted by atomic mass is 10.1. The molecule has 0 saturated heterocycles. The number of benzene rings is 1. The molecule has 2 aromatic rings. The predicted molar refractivity (Wildman–Crippen MR) is 73.2 cm³/mol. The Morgan fingerprint density at radius 2 is 1.89 bits per heavy atom. The molecular weight excluding hydrogens is 244 g/mol. The fraction of sp³-hybridized carbons (Fsp3) is 0.417. The number of nitrogen functional groups attached to an aromatic ring is 2. The lowest BCUT2D eigenvalue weighted by Gasteiger charge is -2.06. The first-order chi connectivity index (χ1) is 9.20. The van der Waals surface area contributed by atoms with E-state index in [4.69, 9.17) is 16.2 Å². The minimum absolute atomic E-state index is 0.601. The van der Waals surface area contributed by atoms with Crippen molar-refractivity contribution in [3.8, 4) is 11.4 Å². The maximum Gasteiger partial charge on any atom is 0.182 e. The van der Waals surface area contributed by atoms with Crippen LogP contribution in [0, 0.1) is 0 Å². The van der Waals surface area contributed by atoms with Crippen molar-refractivity contribution in [2.24, 2.45) is 0 Å². The van der Waals surface area contributed by atoms with Gasteiger partial charge < -0.3 is 16.2 Å². The molecule has 0 atom stereocenters. The molecule has 0 aliphatic heterocycles. The van der Waals surface area contributed by atoms with Gasteiger partial charge in [0, 0.05) is 37.2 Å². The van der Waals surface area contributed by atoms with Crippen LogP contribution in [-0.4, -0.2) is 33.9 Å². The fourth-order valence-electron chi connectivity index (χ4n) is 1.88. The van der Waals surface area contributed by atoms with Crippen molar-refractivity contribution in [2.45, 2.75) is 19.4 Å². The van der Waals surface area contributed by atoms with Gasteiger partial charge in [-0.2, -0.15) is 0 Å². The van der Waals surface area contributed by atoms with Gasteiger partial charge >= 0.3 is 0 Å². The Hall–Kier alpha value is -2.15. The van der Waals surface area contributed by atoms with Gasteiger partial charge in [-0.25, -0.2) is 4.68 Å². The number of aryl methyl sites for hydroxylation is 1. The highest BCUT2D eigenvalue weighted by atomic mass is 16.5. The summed E-state index contributed by atoms with van der Waals surface area (Å²) >= 11 is 0. The van der Waals surface area contributed by atoms with Crippen molar-refractivity contribution in [3.63, 3.8) is 0 Å². The number of aromatic nitrogens is 4. The summed E-state index contributed by atoms with van der Waals surface area (Å²) in [5.74, 6) is 0.677. The largest absolute Gasteiger partial charge is 0.399 e. The van der Waals surface area contributed by atoms with Gasteiger partial charge in [0.05, 0.1) is 0 Å². The first-order valence-corrected chi connectivity index (χ1v) is 6.12. The maximum absolute atomic E-state index is 5.78. The minimum Gasteiger partial charge on any atom is -0.399 e. The van der Waals surface area contributed by atoms with E-state index in [1.165, 1.54) is 0 Å². The lowest BCUT2D eigenvalue weighted by molar-refractivity contribution is 0.191. The highest BCUT2D eigenvalue weighted by Gasteiger charge is 2.09. The van der Waals surface area contributed by atoms with Crippen LogP contribution in [0.3, 0.4) is 0 Å². The van der Waals surface area contributed by atoms with Gasteiger partial charge in [0.15, 0.2) is 5.82 Å². The maximum atomic E-state index is 5.78. The fourth-order valence-corrected chi connectivity index (χ4v) is 1.88. The average Bonchev–Trinajstić information content (AvgIpc) is 2.82. The minimum atomic E-state index is 0.601. The van der Waals surface area contributed by atoms with Crippen molar-refractivity contribution in [1.29, 1.82) is 0 Å². The molecule has 0 aliphatic rings. The highest BCUT2D eigenvalue weighted by molar-refractivity contribution is 5.67. The van der Waals surface area contributed by atoms with Gasteiger partial charge in [0.2, 0.25) is 0 Å². The van der Waals surface area contributed by atoms with Gasteiger partial charge in [-0.1, -0.05) is 0 Å². The second-order valence-corrected chi connectivity index (χ2v) is 4.31. The van der Waals surface area contributed by atoms with Crippen molar-refractivity contribution in [2.75, 3.05) is 25.2 Å². The van der Waals surface area contributed by atoms with Crippen LogP contribution in [0.15, 0.2) is 18.2 Å². The summed E-state index contributed by atoms with van der Waals surface area (Å²) in [5.41, 5.74) is 13.6. The van der Waals surface area contributed by atoms with Crippen molar-refractivity contribution < 1.29 is 4.74 Å². The van der Waals surface area contributed by atoms with E-state index in [1.54, 1.807) is 17.9 Å². The van der Waals surface area contributed by atoms with Crippen LogP contribution < -0.4 is 11.5 Å². The Morgan fingerprint density at radius 1 is 1.16 bits per heavy atom. The van der Waals surface area contributed by atoms with Gasteiger partial charge in [-0.05, 0) is 41.5 Å². The Bertz CT molecular complexity index is 519. The number of tetrazole rings is 1. The van der Waals surface area contributed by atoms with Gasteiger partial charge in [0.25, 0.3) is 0 Å². The summed E-state index contributed by atoms with van der Waals surface area (Å²) in [4.78, 5) is 0. The molecule has 1 heterocycles. The number of ether oxygens (including phenoxy) is 1. The van der Waals surface area contributed by atoms with E-state index in [9.17, 15) is 0 Å². The van der Waals surface area contributed by atoms with Crippen LogP contribution in [0.1, 0.15) is 12.8 Å². The highest BCUT2D eigenvalue weighted by Crippen LogP contribution is 2.22. The molecule has 0 saturated carbocycles. The third-order valence-corrected chi connectivity index (χ3v) is 2.74. The summed E-state index contributed by atoms with van der Waals surface area (Å²) in [6.07, 6.45) is 1.92. The molecule has 0 fully saturated rings. The van der Waals surface area contributed by atoms with Crippen LogP contribution >= 0.6 is 0 Å². The SMILES string of the molecule is COCCCCn1nnnc1-c1cc(N)cc(N)c1. The van der Waals surface area contributed by atoms with E-state index in [0.29, 0.717) is 17.2 Å². The summed E-state index contributed by atoms with van der Waals surface area (Å²) in [6.45, 7) is 1.48. The van der Waals surface area contributed by atoms with Crippen molar-refractivity contribution >= 4 is 11.4 Å². The van der Waals surface area contributed by atoms with Crippen molar-refractivity contribution in [1.82, 2.24) is 20.2 Å². The Labute approximate surface area is 111 Å². The molecule has 0 aliphatic carbocycles. The standard InChI is InChI=1S/C12H18N6O/c1-19-5-3-2-4-18-12(15-16-17-18)9-6-10(13)8-11(14)7-9/h6-8H,2-5,13-14H2,1H3. The molecule has 7 heteroatoms. The number of hydrogen-bond acceptors (Lipinski definition) is 6. The molecule has 2 rings (SSSR count). The van der Waals surface area contributed by atoms with E-state index >= 15 is 0 Å². The Morgan fingerprint density at radius 3 is 2.58 bits per heavy atom. The van der Waals surface area contributed by atoms with E-state index < -0.39 is 0 Å². The normalized spacial score (nSPS) is 10.8. The number of rotatable bonds is 6. The first-order valence-electron chi connectivity index (χ1n) is 6.12. The van der Waals surface area contributed by atoms with E-state index in [2.05, 4.69) is 15.5 Å². The lowest BCUT2D eigenvalue weighted by Crippen LogP contribution is -2.05. The van der Waals surface area contributed by atoms with Crippen LogP contribution in [0.5, 0.6) is 0 Å². The van der Waals surface area contributed by atoms with Gasteiger partial charge in [-0.3, -0.25) is 0 Å². The van der Waals surface area contributed by atoms with Crippen LogP contribution in [-0.2, 0) is 11.3 Å². The molecule has 19 heavy (non-hydrogen) atoms. The van der Waals surface area contributed by atoms with E-state index in [1.807, 2.05) is 12.1 Å². The number of unbranched alkanes of at least 4 members (excludes halogenated alkanes) is 1. The Balaban J connectivity index is 2.14. The second-order valence-electron chi connectivity index (χ2n) is 4.31. The number of nitrogens with two attached hydrogens (primary N) is 2. The molecule has 1 aromatic heterocycles. The zero-order chi connectivity index (χ0) is 13.7. The number of anilines is 2. The third-order valence-electron chi connectivity index (χ3n) is 2.74. The smallest absolute Gasteiger partial charge is 0.182 e. The van der Waals surface area contributed by atoms with Crippen LogP contribution in [0.25, 0.3) is 11.4 Å². The number of nitrogens with zero attached hydrogens (tertiary/aromatic N) is 4. The summed E-state index contributed by atoms with van der Waals surface area (Å²) < 4.78 is 6.77. The molecular formula is C12H18N6O. The quantitative estimate of drug-likeness (QED) is 0.592. The molecule has 102 valence electrons. The summed E-state index contributed by atoms with van der Waals surface area (Å²) in [5, 5.41) is 11.7. The number of methoxy groups -OCH3 is 1. The first kappa shape index (κ1) is 13.3. The molecule has 0 amide bonds. The van der Waals surface area contributed by atoms with Crippen LogP contribution in [0.2, 0.25) is 0 Å². The monoisotopic (exact) mass is 262 g/mol. The predicted octanol–water partition coefficient (Wildman–Crippen LogP) is 0.931. The molecule has 4 N–H and O–H groups in total. The van der Waals surface area contributed by atoms with Crippen molar-refractivity contribution in [3.05, 3.63) is 18.2 Å². The molecule has 0 radical (unpaired) electrons. The Kier molecular flexibility index (Phi) is 4.30. The van der Waals surface area contributed by atoms with Crippen LogP contribution in [0.4, 0.5) is 11.4 Å². The van der Waals surface area contributed by atoms with Gasteiger partial charge in [-0.15, -0.1) is 5.10 Å². The molecule has 1 aromatic carbocycles. The topological polar surface area (TPSA) is 105 Å². The number of hydrogen-bond donors (Lipinski definition) is 2. The summed E-state index contributed by atoms with van der Waals surface area (Å²) in [7, 11) is 1.69.